The van der Waals surface area contributed by atoms with E-state index in [-0.39, 0.29) is 93.7 Å². The first kappa shape index (κ1) is 97.8. The number of nitrogens with one attached hydrogen (secondary N) is 3. The maximum Gasteiger partial charge on any atom is 0.494 e. The van der Waals surface area contributed by atoms with Crippen LogP contribution in [-0.4, -0.2) is 142 Å². The normalized spacial score (nSPS) is 18.6. The van der Waals surface area contributed by atoms with Gasteiger partial charge in [-0.3, -0.25) is 19.2 Å². The number of hydrogen-bond acceptors (Lipinski definition) is 24. The fourth-order valence-corrected chi connectivity index (χ4v) is 16.2. The maximum atomic E-state index is 14.7. The predicted octanol–water partition coefficient (Wildman–Crippen LogP) is 19.8. The van der Waals surface area contributed by atoms with Gasteiger partial charge >= 0.3 is 31.0 Å². The van der Waals surface area contributed by atoms with Crippen LogP contribution >= 0.6 is 59.4 Å². The molecule has 660 valence electrons. The number of nitrogens with two attached hydrogens (primary N) is 1. The zero-order valence-corrected chi connectivity index (χ0v) is 77.2. The molecule has 0 unspecified atom stereocenters. The van der Waals surface area contributed by atoms with Gasteiger partial charge < -0.3 is 60.2 Å². The number of nitrogens with zero attached hydrogens (tertiary/aromatic N) is 8. The quantitative estimate of drug-likeness (QED) is 0.0153. The van der Waals surface area contributed by atoms with Gasteiger partial charge in [-0.25, -0.2) is 57.4 Å². The van der Waals surface area contributed by atoms with Crippen molar-refractivity contribution in [2.24, 2.45) is 29.4 Å². The van der Waals surface area contributed by atoms with Gasteiger partial charge in [0.15, 0.2) is 23.1 Å². The lowest BCUT2D eigenvalue weighted by atomic mass is 9.79. The third-order valence-electron chi connectivity index (χ3n) is 20.3. The largest absolute Gasteiger partial charge is 0.494 e. The number of anilines is 3. The summed E-state index contributed by atoms with van der Waals surface area (Å²) in [5.74, 6) is -1.65. The summed E-state index contributed by atoms with van der Waals surface area (Å²) >= 11 is 15.9. The summed E-state index contributed by atoms with van der Waals surface area (Å²) in [4.78, 5) is 83.0. The molecule has 0 aliphatic heterocycles. The lowest BCUT2D eigenvalue weighted by Crippen LogP contribution is -2.35. The highest BCUT2D eigenvalue weighted by molar-refractivity contribution is 9.11. The number of hydrogen-bond donors (Lipinski definition) is 6. The van der Waals surface area contributed by atoms with Crippen LogP contribution in [0.4, 0.5) is 35.4 Å². The van der Waals surface area contributed by atoms with E-state index in [9.17, 15) is 36.7 Å². The smallest absolute Gasteiger partial charge is 0.494 e. The topological polar surface area (TPSA) is 329 Å². The molecule has 4 fully saturated rings. The van der Waals surface area contributed by atoms with Crippen molar-refractivity contribution in [3.05, 3.63) is 164 Å². The number of aromatic nitrogens is 8. The molecular weight excluding hydrogens is 1800 g/mol. The Morgan fingerprint density at radius 2 is 0.764 bits per heavy atom. The Morgan fingerprint density at radius 1 is 0.439 bits per heavy atom. The summed E-state index contributed by atoms with van der Waals surface area (Å²) in [5, 5.41) is 31.4. The van der Waals surface area contributed by atoms with Crippen LogP contribution in [0.15, 0.2) is 135 Å². The molecule has 4 aromatic heterocycles. The second kappa shape index (κ2) is 44.2. The molecule has 10 aromatic rings. The first-order chi connectivity index (χ1) is 57.9. The number of carbonyl (C=O) groups excluding carboxylic acids is 4. The number of esters is 4. The molecule has 8 atom stereocenters. The fourth-order valence-electron chi connectivity index (χ4n) is 14.9. The molecule has 0 radical (unpaired) electrons. The van der Waals surface area contributed by atoms with Crippen LogP contribution in [0, 0.1) is 46.9 Å². The van der Waals surface area contributed by atoms with Gasteiger partial charge in [-0.05, 0) is 266 Å². The minimum Gasteiger partial charge on any atom is -0.494 e. The van der Waals surface area contributed by atoms with E-state index in [2.05, 4.69) is 108 Å². The second-order valence-corrected chi connectivity index (χ2v) is 37.8. The van der Waals surface area contributed by atoms with Crippen LogP contribution in [0.2, 0.25) is 5.28 Å². The van der Waals surface area contributed by atoms with E-state index in [4.69, 9.17) is 51.1 Å². The van der Waals surface area contributed by atoms with Crippen molar-refractivity contribution in [2.45, 2.75) is 232 Å². The predicted molar refractivity (Wildman–Crippen MR) is 482 cm³/mol. The van der Waals surface area contributed by atoms with Crippen LogP contribution in [-0.2, 0) is 38.1 Å². The number of benzene rings is 6. The molecule has 14 rings (SSSR count). The molecule has 0 saturated heterocycles. The summed E-state index contributed by atoms with van der Waals surface area (Å²) in [5.41, 5.74) is 6.86. The molecule has 33 heteroatoms. The third kappa shape index (κ3) is 30.7. The summed E-state index contributed by atoms with van der Waals surface area (Å²) in [6.45, 7) is 22.6. The summed E-state index contributed by atoms with van der Waals surface area (Å²) < 4.78 is 89.2. The van der Waals surface area contributed by atoms with Gasteiger partial charge in [0.1, 0.15) is 34.0 Å². The standard InChI is InChI=1S/C26H29F2N3O3.2C19H24BrN3O2.C11H21NO2.C8H4BrClN2.C7H7BF2O3/c1-26(2,3)34-22(32)13-15-6-5-7-19(15)30-25-29-14-17-12-16(8-10-20(17)31-25)23-18(27)9-11-21(33-4)24(23)28;2*1-19(2,3)25-17(24)10-12-5-4-6-15(12)22-18-21-11-13-9-14(20)7-8-16(13)23-18;1-11(2,3)14-10(13)7-8-5-4-6-9(8)12;9-6-1-2-7-5(3-6)4-11-8(10)12-7;1-13-5-3-2-4(9)6(7(5)10)8(11)12/h8-12,14-15,19H,5-7,13H2,1-4H3,(H,29,30,31);2*7-9,11-12,15H,4-6,10H2,1-3H3,(H,21,22,23);8-9H,4-7,12H2,1-3H3;1-4H;2-3,11-12H,1H3/t15-,19-;2*12-,15-;8-,9-;;/m1111../s1. The van der Waals surface area contributed by atoms with Gasteiger partial charge in [-0.2, -0.15) is 0 Å². The van der Waals surface area contributed by atoms with Crippen LogP contribution in [0.1, 0.15) is 186 Å². The third-order valence-corrected chi connectivity index (χ3v) is 22.0. The molecule has 4 aliphatic carbocycles. The van der Waals surface area contributed by atoms with Crippen molar-refractivity contribution >= 4 is 157 Å². The summed E-state index contributed by atoms with van der Waals surface area (Å²) in [7, 11) is 0.352. The number of methoxy groups -OCH3 is 2. The highest BCUT2D eigenvalue weighted by Gasteiger charge is 2.36. The molecular formula is C90H109BBr3ClF4N12O12. The Hall–Kier alpha value is -9.05. The summed E-state index contributed by atoms with van der Waals surface area (Å²) in [6, 6.07) is 27.7. The monoisotopic (exact) mass is 1910 g/mol. The number of rotatable bonds is 18. The number of fused-ring (bicyclic) bond motifs is 4. The van der Waals surface area contributed by atoms with E-state index in [0.29, 0.717) is 65.9 Å². The Morgan fingerprint density at radius 3 is 1.12 bits per heavy atom. The zero-order chi connectivity index (χ0) is 89.8. The summed E-state index contributed by atoms with van der Waals surface area (Å²) in [6.07, 6.45) is 21.1. The van der Waals surface area contributed by atoms with Crippen molar-refractivity contribution in [3.8, 4) is 22.6 Å². The van der Waals surface area contributed by atoms with Crippen LogP contribution in [0.3, 0.4) is 0 Å². The first-order valence-corrected chi connectivity index (χ1v) is 43.7. The van der Waals surface area contributed by atoms with Crippen LogP contribution < -0.4 is 36.6 Å². The van der Waals surface area contributed by atoms with E-state index in [1.807, 2.05) is 150 Å². The van der Waals surface area contributed by atoms with E-state index in [1.165, 1.54) is 26.4 Å². The second-order valence-electron chi connectivity index (χ2n) is 34.7. The van der Waals surface area contributed by atoms with Crippen molar-refractivity contribution in [3.63, 3.8) is 0 Å². The van der Waals surface area contributed by atoms with Crippen molar-refractivity contribution in [1.29, 1.82) is 0 Å². The van der Waals surface area contributed by atoms with Crippen molar-refractivity contribution in [1.82, 2.24) is 39.9 Å². The highest BCUT2D eigenvalue weighted by atomic mass is 79.9. The average Bonchev–Trinajstić information content (AvgIpc) is 1.70. The van der Waals surface area contributed by atoms with Crippen LogP contribution in [0.5, 0.6) is 11.5 Å². The van der Waals surface area contributed by atoms with Crippen molar-refractivity contribution < 1.29 is 75.2 Å². The maximum absolute atomic E-state index is 14.7. The molecule has 7 N–H and O–H groups in total. The van der Waals surface area contributed by atoms with Gasteiger partial charge in [0.25, 0.3) is 0 Å². The Labute approximate surface area is 745 Å². The van der Waals surface area contributed by atoms with E-state index in [1.54, 1.807) is 30.6 Å². The molecule has 0 spiro atoms. The fraction of sp³-hybridized carbons (Fsp3) is 0.467. The minimum absolute atomic E-state index is 0.0233. The van der Waals surface area contributed by atoms with E-state index < -0.39 is 52.7 Å². The lowest BCUT2D eigenvalue weighted by Gasteiger charge is -2.24. The average molecular weight is 1910 g/mol. The SMILES string of the molecule is CC(C)(C)OC(=O)C[C@H]1CCC[C@H]1N.CC(C)(C)OC(=O)C[C@H]1CCC[C@H]1Nc1ncc2cc(Br)ccc2n1.CC(C)(C)OC(=O)C[C@H]1CCC[C@H]1Nc1ncc2cc(Br)ccc2n1.COc1ccc(F)c(-c2ccc3nc(N[C@@H]4CCC[C@@H]4CC(=O)OC(C)(C)C)ncc3c2)c1F.COc1ccc(F)c(B(O)O)c1F.Clc1ncc2cc(Br)ccc2n1. The minimum atomic E-state index is -2.19. The van der Waals surface area contributed by atoms with Gasteiger partial charge in [0.2, 0.25) is 23.1 Å². The molecule has 123 heavy (non-hydrogen) atoms. The van der Waals surface area contributed by atoms with Crippen LogP contribution in [0.25, 0.3) is 54.7 Å². The van der Waals surface area contributed by atoms with Gasteiger partial charge in [0.05, 0.1) is 66.6 Å². The number of carbonyl (C=O) groups is 4. The van der Waals surface area contributed by atoms with Gasteiger partial charge in [-0.1, -0.05) is 79.5 Å². The molecule has 6 aromatic carbocycles. The Bertz CT molecular complexity index is 5130. The van der Waals surface area contributed by atoms with Gasteiger partial charge in [-0.15, -0.1) is 0 Å². The lowest BCUT2D eigenvalue weighted by molar-refractivity contribution is -0.157. The Balaban J connectivity index is 0.000000174. The first-order valence-electron chi connectivity index (χ1n) is 41.0. The van der Waals surface area contributed by atoms with Gasteiger partial charge in [0, 0.05) is 90.3 Å². The highest BCUT2D eigenvalue weighted by Crippen LogP contribution is 2.38. The van der Waals surface area contributed by atoms with E-state index >= 15 is 0 Å². The number of ether oxygens (including phenoxy) is 6. The molecule has 24 nitrogen and oxygen atoms in total. The van der Waals surface area contributed by atoms with E-state index in [0.717, 1.165) is 135 Å². The molecule has 4 saturated carbocycles. The molecule has 4 heterocycles. The zero-order valence-electron chi connectivity index (χ0n) is 71.7. The Kier molecular flexibility index (Phi) is 35.1. The molecule has 0 amide bonds. The molecule has 0 bridgehead atoms. The number of halogens is 8. The molecule has 4 aliphatic rings. The van der Waals surface area contributed by atoms with Crippen molar-refractivity contribution in [2.75, 3.05) is 30.2 Å².